The number of benzene rings is 3. The molecule has 0 N–H and O–H groups in total. The monoisotopic (exact) mass is 662 g/mol. The largest absolute Gasteiger partial charge is 0.496 e. The fraction of sp³-hybridized carbons (Fsp3) is 0.535. The van der Waals surface area contributed by atoms with Gasteiger partial charge in [-0.25, -0.2) is 8.78 Å². The Hall–Kier alpha value is -3.18. The number of halogens is 2. The van der Waals surface area contributed by atoms with Gasteiger partial charge in [-0.05, 0) is 110 Å². The van der Waals surface area contributed by atoms with Crippen LogP contribution in [-0.4, -0.2) is 19.8 Å². The molecule has 4 unspecified atom stereocenters. The van der Waals surface area contributed by atoms with Crippen molar-refractivity contribution < 1.29 is 23.0 Å². The first kappa shape index (κ1) is 39.3. The van der Waals surface area contributed by atoms with Crippen LogP contribution in [0.25, 0.3) is 11.1 Å². The number of hydrogen-bond acceptors (Lipinski definition) is 3. The number of hydrogen-bond donors (Lipinski definition) is 0. The van der Waals surface area contributed by atoms with Crippen LogP contribution in [0.2, 0.25) is 0 Å². The van der Waals surface area contributed by atoms with Crippen LogP contribution in [0.5, 0.6) is 5.75 Å². The van der Waals surface area contributed by atoms with Crippen LogP contribution in [0.3, 0.4) is 0 Å². The third-order valence-corrected chi connectivity index (χ3v) is 9.97. The second-order valence-electron chi connectivity index (χ2n) is 15.5. The quantitative estimate of drug-likeness (QED) is 0.152. The fourth-order valence-electron chi connectivity index (χ4n) is 6.87. The van der Waals surface area contributed by atoms with Crippen molar-refractivity contribution in [3.63, 3.8) is 0 Å². The Bertz CT molecular complexity index is 1540. The van der Waals surface area contributed by atoms with E-state index in [-0.39, 0.29) is 40.4 Å². The first-order chi connectivity index (χ1) is 22.2. The van der Waals surface area contributed by atoms with Gasteiger partial charge in [-0.15, -0.1) is 0 Å². The van der Waals surface area contributed by atoms with Crippen LogP contribution in [-0.2, 0) is 20.8 Å². The molecule has 3 rings (SSSR count). The molecule has 0 radical (unpaired) electrons. The molecule has 0 aliphatic carbocycles. The summed E-state index contributed by atoms with van der Waals surface area (Å²) in [5.41, 5.74) is 7.08. The van der Waals surface area contributed by atoms with Gasteiger partial charge in [0.25, 0.3) is 5.92 Å². The van der Waals surface area contributed by atoms with E-state index in [0.717, 1.165) is 54.0 Å². The SMILES string of the molecule is C=C(C)OC(c1cc(C)cc(C(C)(C)C)c1)C(C)CCC(C)c1cc(C(C)(F)F)ccc1-c1cc(C(CC)C(C)(C)OC)ccc1OC. The van der Waals surface area contributed by atoms with Gasteiger partial charge in [0.2, 0.25) is 0 Å². The first-order valence-corrected chi connectivity index (χ1v) is 17.4. The van der Waals surface area contributed by atoms with Crippen molar-refractivity contribution >= 4 is 0 Å². The van der Waals surface area contributed by atoms with E-state index in [2.05, 4.69) is 99.2 Å². The molecule has 0 saturated heterocycles. The van der Waals surface area contributed by atoms with Crippen molar-refractivity contribution in [3.05, 3.63) is 100 Å². The molecule has 0 saturated carbocycles. The number of aryl methyl sites for hydroxylation is 1. The topological polar surface area (TPSA) is 27.7 Å². The summed E-state index contributed by atoms with van der Waals surface area (Å²) in [5, 5.41) is 0. The Balaban J connectivity index is 2.07. The zero-order chi connectivity index (χ0) is 36.2. The minimum atomic E-state index is -2.96. The van der Waals surface area contributed by atoms with Gasteiger partial charge in [-0.2, -0.15) is 0 Å². The summed E-state index contributed by atoms with van der Waals surface area (Å²) in [6, 6.07) is 18.1. The van der Waals surface area contributed by atoms with E-state index in [9.17, 15) is 8.78 Å². The summed E-state index contributed by atoms with van der Waals surface area (Å²) in [6.07, 6.45) is 2.34. The van der Waals surface area contributed by atoms with Gasteiger partial charge in [0.05, 0.1) is 18.5 Å². The second kappa shape index (κ2) is 15.6. The molecule has 264 valence electrons. The third-order valence-electron chi connectivity index (χ3n) is 9.97. The van der Waals surface area contributed by atoms with Gasteiger partial charge in [0, 0.05) is 31.1 Å². The second-order valence-corrected chi connectivity index (χ2v) is 15.5. The Morgan fingerprint density at radius 1 is 0.812 bits per heavy atom. The summed E-state index contributed by atoms with van der Waals surface area (Å²) < 4.78 is 47.7. The van der Waals surface area contributed by atoms with E-state index in [4.69, 9.17) is 14.2 Å². The molecule has 5 heteroatoms. The lowest BCUT2D eigenvalue weighted by molar-refractivity contribution is -0.00261. The van der Waals surface area contributed by atoms with Gasteiger partial charge >= 0.3 is 0 Å². The summed E-state index contributed by atoms with van der Waals surface area (Å²) in [4.78, 5) is 0. The zero-order valence-electron chi connectivity index (χ0n) is 31.8. The molecule has 3 aromatic carbocycles. The standard InChI is InChI=1S/C43H60F2O3/c1-15-38(42(10,11)47-14)31-18-21-39(46-13)37(25-31)35-20-19-33(43(12,44)45)26-36(35)29(5)16-17-30(6)40(48-27(2)3)32-22-28(4)23-34(24-32)41(7,8)9/h18-26,29-30,38,40H,2,15-17H2,1,3-14H3. The molecule has 0 aliphatic rings. The molecular weight excluding hydrogens is 602 g/mol. The van der Waals surface area contributed by atoms with Crippen molar-refractivity contribution in [2.75, 3.05) is 14.2 Å². The molecule has 0 bridgehead atoms. The number of allylic oxidation sites excluding steroid dienone is 1. The lowest BCUT2D eigenvalue weighted by atomic mass is 9.80. The van der Waals surface area contributed by atoms with Gasteiger partial charge in [-0.3, -0.25) is 0 Å². The normalized spacial score (nSPS) is 15.1. The summed E-state index contributed by atoms with van der Waals surface area (Å²) in [5.74, 6) is -1.29. The van der Waals surface area contributed by atoms with Crippen molar-refractivity contribution in [3.8, 4) is 16.9 Å². The molecule has 0 spiro atoms. The molecule has 0 amide bonds. The fourth-order valence-corrected chi connectivity index (χ4v) is 6.87. The number of rotatable bonds is 15. The van der Waals surface area contributed by atoms with Crippen molar-refractivity contribution in [1.29, 1.82) is 0 Å². The molecule has 3 aromatic rings. The summed E-state index contributed by atoms with van der Waals surface area (Å²) in [7, 11) is 3.40. The molecule has 0 aromatic heterocycles. The van der Waals surface area contributed by atoms with Crippen LogP contribution in [0, 0.1) is 12.8 Å². The van der Waals surface area contributed by atoms with Crippen LogP contribution in [0.4, 0.5) is 8.78 Å². The highest BCUT2D eigenvalue weighted by molar-refractivity contribution is 5.75. The van der Waals surface area contributed by atoms with Gasteiger partial charge < -0.3 is 14.2 Å². The van der Waals surface area contributed by atoms with Crippen molar-refractivity contribution in [2.24, 2.45) is 5.92 Å². The van der Waals surface area contributed by atoms with E-state index < -0.39 is 5.92 Å². The van der Waals surface area contributed by atoms with E-state index >= 15 is 0 Å². The average Bonchev–Trinajstić information content (AvgIpc) is 3.00. The van der Waals surface area contributed by atoms with Gasteiger partial charge in [0.1, 0.15) is 11.9 Å². The number of ether oxygens (including phenoxy) is 3. The van der Waals surface area contributed by atoms with Gasteiger partial charge in [0.15, 0.2) is 0 Å². The maximum Gasteiger partial charge on any atom is 0.270 e. The van der Waals surface area contributed by atoms with Crippen LogP contribution >= 0.6 is 0 Å². The van der Waals surface area contributed by atoms with Crippen LogP contribution in [0.15, 0.2) is 66.9 Å². The molecular formula is C43H60F2O3. The third kappa shape index (κ3) is 9.49. The van der Waals surface area contributed by atoms with Crippen molar-refractivity contribution in [2.45, 2.75) is 130 Å². The molecule has 0 fully saturated rings. The number of alkyl halides is 2. The maximum atomic E-state index is 14.8. The summed E-state index contributed by atoms with van der Waals surface area (Å²) in [6.45, 7) is 26.4. The highest BCUT2D eigenvalue weighted by atomic mass is 19.3. The van der Waals surface area contributed by atoms with Crippen LogP contribution in [0.1, 0.15) is 140 Å². The molecule has 0 heterocycles. The highest BCUT2D eigenvalue weighted by Crippen LogP contribution is 2.44. The minimum absolute atomic E-state index is 0.00385. The van der Waals surface area contributed by atoms with E-state index in [1.54, 1.807) is 26.4 Å². The zero-order valence-corrected chi connectivity index (χ0v) is 31.8. The molecule has 3 nitrogen and oxygen atoms in total. The van der Waals surface area contributed by atoms with E-state index in [0.29, 0.717) is 11.5 Å². The van der Waals surface area contributed by atoms with Crippen molar-refractivity contribution in [1.82, 2.24) is 0 Å². The molecule has 0 aliphatic heterocycles. The Kier molecular flexibility index (Phi) is 12.7. The minimum Gasteiger partial charge on any atom is -0.496 e. The lowest BCUT2D eigenvalue weighted by Crippen LogP contribution is -2.31. The number of methoxy groups -OCH3 is 2. The lowest BCUT2D eigenvalue weighted by Gasteiger charge is -2.33. The first-order valence-electron chi connectivity index (χ1n) is 17.4. The smallest absolute Gasteiger partial charge is 0.270 e. The predicted octanol–water partition coefficient (Wildman–Crippen LogP) is 12.8. The predicted molar refractivity (Wildman–Crippen MR) is 197 cm³/mol. The summed E-state index contributed by atoms with van der Waals surface area (Å²) >= 11 is 0. The highest BCUT2D eigenvalue weighted by Gasteiger charge is 2.32. The Labute approximate surface area is 290 Å². The Morgan fingerprint density at radius 3 is 2.02 bits per heavy atom. The van der Waals surface area contributed by atoms with Gasteiger partial charge in [-0.1, -0.05) is 90.1 Å². The van der Waals surface area contributed by atoms with E-state index in [1.165, 1.54) is 11.1 Å². The maximum absolute atomic E-state index is 14.8. The molecule has 48 heavy (non-hydrogen) atoms. The average molecular weight is 663 g/mol. The van der Waals surface area contributed by atoms with Crippen LogP contribution < -0.4 is 4.74 Å². The molecule has 4 atom stereocenters. The van der Waals surface area contributed by atoms with E-state index in [1.807, 2.05) is 19.1 Å². The Morgan fingerprint density at radius 2 is 1.48 bits per heavy atom.